The quantitative estimate of drug-likeness (QED) is 0.667. The lowest BCUT2D eigenvalue weighted by molar-refractivity contribution is -0.0168. The van der Waals surface area contributed by atoms with Crippen LogP contribution in [0.25, 0.3) is 5.69 Å². The highest BCUT2D eigenvalue weighted by Gasteiger charge is 2.51. The molecule has 4 aliphatic rings. The molecule has 1 aromatic carbocycles. The Labute approximate surface area is 170 Å². The Morgan fingerprint density at radius 2 is 1.62 bits per heavy atom. The zero-order chi connectivity index (χ0) is 17.9. The molecule has 0 radical (unpaired) electrons. The van der Waals surface area contributed by atoms with Gasteiger partial charge in [0.2, 0.25) is 0 Å². The number of amides is 1. The van der Waals surface area contributed by atoms with Gasteiger partial charge in [0.05, 0.1) is 0 Å². The van der Waals surface area contributed by atoms with Crippen molar-refractivity contribution in [2.24, 2.45) is 17.8 Å². The number of nitrogens with one attached hydrogen (secondary N) is 1. The number of carbonyl (C=O) groups excluding carboxylic acids is 1. The minimum Gasteiger partial charge on any atom is -0.345 e. The van der Waals surface area contributed by atoms with Gasteiger partial charge in [0.1, 0.15) is 4.60 Å². The summed E-state index contributed by atoms with van der Waals surface area (Å²) in [7, 11) is 0. The standard InChI is InChI=1S/C20H21Br2N3O/c21-17-16(23-19(22)25(17)15-4-2-1-3-5-15)18(26)24-20-9-12-6-13(10-20)8-14(7-12)11-20/h1-5,12-14H,6-11H2,(H,24,26). The monoisotopic (exact) mass is 477 g/mol. The third-order valence-electron chi connectivity index (χ3n) is 6.43. The molecule has 0 aliphatic heterocycles. The Hall–Kier alpha value is -1.14. The Bertz CT molecular complexity index is 826. The lowest BCUT2D eigenvalue weighted by atomic mass is 9.53. The van der Waals surface area contributed by atoms with Crippen LogP contribution in [0.1, 0.15) is 49.0 Å². The van der Waals surface area contributed by atoms with Crippen LogP contribution < -0.4 is 5.32 Å². The Kier molecular flexibility index (Phi) is 4.05. The van der Waals surface area contributed by atoms with Crippen LogP contribution in [0.15, 0.2) is 39.7 Å². The summed E-state index contributed by atoms with van der Waals surface area (Å²) in [5, 5.41) is 3.41. The first-order valence-corrected chi connectivity index (χ1v) is 10.9. The van der Waals surface area contributed by atoms with E-state index in [1.54, 1.807) is 0 Å². The molecule has 2 aromatic rings. The van der Waals surface area contributed by atoms with E-state index in [9.17, 15) is 4.79 Å². The SMILES string of the molecule is O=C(NC12CC3CC(CC(C3)C1)C2)c1nc(Br)n(-c2ccccc2)c1Br. The van der Waals surface area contributed by atoms with Crippen molar-refractivity contribution in [2.45, 2.75) is 44.1 Å². The Morgan fingerprint density at radius 3 is 2.19 bits per heavy atom. The van der Waals surface area contributed by atoms with Crippen molar-refractivity contribution >= 4 is 37.8 Å². The highest BCUT2D eigenvalue weighted by molar-refractivity contribution is 9.11. The molecular formula is C20H21Br2N3O. The molecule has 26 heavy (non-hydrogen) atoms. The molecular weight excluding hydrogens is 458 g/mol. The molecule has 6 rings (SSSR count). The first kappa shape index (κ1) is 17.0. The minimum atomic E-state index is -0.0609. The summed E-state index contributed by atoms with van der Waals surface area (Å²) in [4.78, 5) is 17.6. The van der Waals surface area contributed by atoms with Gasteiger partial charge >= 0.3 is 0 Å². The van der Waals surface area contributed by atoms with Crippen LogP contribution in [0.3, 0.4) is 0 Å². The van der Waals surface area contributed by atoms with Gasteiger partial charge in [0.25, 0.3) is 5.91 Å². The van der Waals surface area contributed by atoms with Crippen molar-refractivity contribution in [3.05, 3.63) is 45.4 Å². The third kappa shape index (κ3) is 2.76. The van der Waals surface area contributed by atoms with E-state index >= 15 is 0 Å². The number of halogens is 2. The number of rotatable bonds is 3. The second kappa shape index (κ2) is 6.20. The molecule has 4 nitrogen and oxygen atoms in total. The van der Waals surface area contributed by atoms with Crippen LogP contribution in [0.4, 0.5) is 0 Å². The fraction of sp³-hybridized carbons (Fsp3) is 0.500. The number of nitrogens with zero attached hydrogens (tertiary/aromatic N) is 2. The summed E-state index contributed by atoms with van der Waals surface area (Å²) < 4.78 is 3.23. The van der Waals surface area contributed by atoms with Crippen LogP contribution in [0, 0.1) is 17.8 Å². The summed E-state index contributed by atoms with van der Waals surface area (Å²) in [6.07, 6.45) is 7.53. The molecule has 0 saturated heterocycles. The van der Waals surface area contributed by atoms with Gasteiger partial charge in [-0.3, -0.25) is 9.36 Å². The van der Waals surface area contributed by atoms with E-state index in [1.165, 1.54) is 19.3 Å². The number of carbonyl (C=O) groups is 1. The zero-order valence-corrected chi connectivity index (χ0v) is 17.6. The highest BCUT2D eigenvalue weighted by atomic mass is 79.9. The van der Waals surface area contributed by atoms with E-state index in [4.69, 9.17) is 0 Å². The third-order valence-corrected chi connectivity index (χ3v) is 7.69. The molecule has 1 aromatic heterocycles. The van der Waals surface area contributed by atoms with Crippen LogP contribution in [-0.2, 0) is 0 Å². The van der Waals surface area contributed by atoms with Gasteiger partial charge in [-0.15, -0.1) is 0 Å². The predicted molar refractivity (Wildman–Crippen MR) is 107 cm³/mol. The Balaban J connectivity index is 1.43. The van der Waals surface area contributed by atoms with Crippen molar-refractivity contribution < 1.29 is 4.79 Å². The summed E-state index contributed by atoms with van der Waals surface area (Å²) in [5.41, 5.74) is 1.41. The van der Waals surface area contributed by atoms with Crippen molar-refractivity contribution in [1.29, 1.82) is 0 Å². The van der Waals surface area contributed by atoms with E-state index in [1.807, 2.05) is 34.9 Å². The highest BCUT2D eigenvalue weighted by Crippen LogP contribution is 2.55. The number of benzene rings is 1. The van der Waals surface area contributed by atoms with Crippen LogP contribution >= 0.6 is 31.9 Å². The maximum absolute atomic E-state index is 13.1. The molecule has 1 N–H and O–H groups in total. The molecule has 0 atom stereocenters. The number of hydrogen-bond acceptors (Lipinski definition) is 2. The first-order valence-electron chi connectivity index (χ1n) is 9.35. The minimum absolute atomic E-state index is 0.00568. The van der Waals surface area contributed by atoms with Gasteiger partial charge in [0.15, 0.2) is 10.4 Å². The summed E-state index contributed by atoms with van der Waals surface area (Å²) in [6, 6.07) is 9.92. The molecule has 0 spiro atoms. The maximum Gasteiger partial charge on any atom is 0.273 e. The number of imidazole rings is 1. The van der Waals surface area contributed by atoms with E-state index < -0.39 is 0 Å². The second-order valence-corrected chi connectivity index (χ2v) is 9.80. The fourth-order valence-corrected chi connectivity index (χ4v) is 7.32. The molecule has 1 heterocycles. The lowest BCUT2D eigenvalue weighted by Gasteiger charge is -2.56. The maximum atomic E-state index is 13.1. The van der Waals surface area contributed by atoms with E-state index in [0.29, 0.717) is 15.0 Å². The zero-order valence-electron chi connectivity index (χ0n) is 14.4. The summed E-state index contributed by atoms with van der Waals surface area (Å²) >= 11 is 7.11. The molecule has 4 fully saturated rings. The summed E-state index contributed by atoms with van der Waals surface area (Å²) in [5.74, 6) is 2.35. The molecule has 1 amide bonds. The van der Waals surface area contributed by atoms with Gasteiger partial charge in [-0.1, -0.05) is 18.2 Å². The fourth-order valence-electron chi connectivity index (χ4n) is 5.88. The molecule has 4 saturated carbocycles. The van der Waals surface area contributed by atoms with Crippen molar-refractivity contribution in [1.82, 2.24) is 14.9 Å². The Morgan fingerprint density at radius 1 is 1.04 bits per heavy atom. The van der Waals surface area contributed by atoms with E-state index in [-0.39, 0.29) is 11.4 Å². The molecule has 4 bridgehead atoms. The molecule has 136 valence electrons. The summed E-state index contributed by atoms with van der Waals surface area (Å²) in [6.45, 7) is 0. The van der Waals surface area contributed by atoms with Crippen molar-refractivity contribution in [2.75, 3.05) is 0 Å². The smallest absolute Gasteiger partial charge is 0.273 e. The topological polar surface area (TPSA) is 46.9 Å². The average Bonchev–Trinajstić information content (AvgIpc) is 2.88. The molecule has 0 unspecified atom stereocenters. The lowest BCUT2D eigenvalue weighted by Crippen LogP contribution is -2.59. The van der Waals surface area contributed by atoms with Crippen molar-refractivity contribution in [3.63, 3.8) is 0 Å². The van der Waals surface area contributed by atoms with E-state index in [0.717, 1.165) is 42.7 Å². The second-order valence-electron chi connectivity index (χ2n) is 8.34. The van der Waals surface area contributed by atoms with E-state index in [2.05, 4.69) is 42.2 Å². The van der Waals surface area contributed by atoms with Crippen molar-refractivity contribution in [3.8, 4) is 5.69 Å². The first-order chi connectivity index (χ1) is 12.5. The number of aromatic nitrogens is 2. The largest absolute Gasteiger partial charge is 0.345 e. The van der Waals surface area contributed by atoms with Crippen LogP contribution in [0.2, 0.25) is 0 Å². The van der Waals surface area contributed by atoms with Gasteiger partial charge in [-0.2, -0.15) is 0 Å². The molecule has 4 aliphatic carbocycles. The number of para-hydroxylation sites is 1. The van der Waals surface area contributed by atoms with Crippen LogP contribution in [-0.4, -0.2) is 21.0 Å². The van der Waals surface area contributed by atoms with Gasteiger partial charge in [-0.25, -0.2) is 4.98 Å². The normalized spacial score (nSPS) is 32.0. The predicted octanol–water partition coefficient (Wildman–Crippen LogP) is 5.10. The van der Waals surface area contributed by atoms with Gasteiger partial charge in [0, 0.05) is 11.2 Å². The number of hydrogen-bond donors (Lipinski definition) is 1. The van der Waals surface area contributed by atoms with Crippen LogP contribution in [0.5, 0.6) is 0 Å². The van der Waals surface area contributed by atoms with Gasteiger partial charge < -0.3 is 5.32 Å². The molecule has 6 heteroatoms. The average molecular weight is 479 g/mol. The van der Waals surface area contributed by atoms with Gasteiger partial charge in [-0.05, 0) is 100 Å².